The fraction of sp³-hybridized carbons (Fsp3) is 0.400. The number of phenols is 1. The Hall–Kier alpha value is -0.970. The first kappa shape index (κ1) is 13.1. The Kier molecular flexibility index (Phi) is 3.38. The molecule has 0 amide bonds. The summed E-state index contributed by atoms with van der Waals surface area (Å²) in [6.45, 7) is 2.78. The number of alkyl halides is 3. The van der Waals surface area contributed by atoms with Gasteiger partial charge in [0.25, 0.3) is 0 Å². The van der Waals surface area contributed by atoms with Gasteiger partial charge in [0, 0.05) is 11.6 Å². The number of rotatable bonds is 1. The number of hydrogen-bond acceptors (Lipinski definition) is 1. The summed E-state index contributed by atoms with van der Waals surface area (Å²) < 4.78 is 51.4. The smallest absolute Gasteiger partial charge is 0.418 e. The molecule has 0 aliphatic carbocycles. The molecule has 0 aliphatic rings. The number of phenolic OH excluding ortho intramolecular Hbond substituents is 1. The third-order valence-electron chi connectivity index (χ3n) is 2.09. The van der Waals surface area contributed by atoms with Crippen LogP contribution in [0.1, 0.15) is 30.9 Å². The average Bonchev–Trinajstić information content (AvgIpc) is 2.07. The summed E-state index contributed by atoms with van der Waals surface area (Å²) in [5, 5.41) is 8.39. The van der Waals surface area contributed by atoms with Gasteiger partial charge in [-0.15, -0.1) is 0 Å². The third kappa shape index (κ3) is 2.24. The van der Waals surface area contributed by atoms with E-state index in [0.29, 0.717) is 6.07 Å². The molecule has 1 nitrogen and oxygen atoms in total. The number of aromatic hydroxyl groups is 1. The second-order valence-corrected chi connectivity index (χ2v) is 4.04. The molecule has 0 aliphatic heterocycles. The zero-order chi connectivity index (χ0) is 12.7. The van der Waals surface area contributed by atoms with Crippen LogP contribution < -0.4 is 0 Å². The second kappa shape index (κ2) is 4.13. The van der Waals surface area contributed by atoms with E-state index in [0.717, 1.165) is 0 Å². The standard InChI is InChI=1S/C10H9ClF4O/c1-4(2)7-8(10(13,14)15)5(11)3-6(16)9(7)12/h3-4,16H,1-2H3. The van der Waals surface area contributed by atoms with Crippen LogP contribution in [-0.4, -0.2) is 5.11 Å². The predicted molar refractivity (Wildman–Crippen MR) is 52.2 cm³/mol. The molecular weight excluding hydrogens is 248 g/mol. The Morgan fingerprint density at radius 3 is 2.19 bits per heavy atom. The van der Waals surface area contributed by atoms with Crippen molar-refractivity contribution < 1.29 is 22.7 Å². The Morgan fingerprint density at radius 1 is 1.31 bits per heavy atom. The summed E-state index contributed by atoms with van der Waals surface area (Å²) >= 11 is 5.39. The van der Waals surface area contributed by atoms with E-state index in [9.17, 15) is 17.6 Å². The lowest BCUT2D eigenvalue weighted by Gasteiger charge is -2.18. The summed E-state index contributed by atoms with van der Waals surface area (Å²) in [5.74, 6) is -2.88. The van der Waals surface area contributed by atoms with E-state index in [2.05, 4.69) is 0 Å². The van der Waals surface area contributed by atoms with E-state index >= 15 is 0 Å². The zero-order valence-corrected chi connectivity index (χ0v) is 9.25. The summed E-state index contributed by atoms with van der Waals surface area (Å²) in [6, 6.07) is 0.561. The summed E-state index contributed by atoms with van der Waals surface area (Å²) in [7, 11) is 0. The Bertz CT molecular complexity index is 412. The van der Waals surface area contributed by atoms with Crippen LogP contribution in [0.3, 0.4) is 0 Å². The maximum absolute atomic E-state index is 13.4. The summed E-state index contributed by atoms with van der Waals surface area (Å²) in [4.78, 5) is 0. The zero-order valence-electron chi connectivity index (χ0n) is 8.49. The minimum absolute atomic E-state index is 0.561. The molecule has 90 valence electrons. The van der Waals surface area contributed by atoms with Crippen LogP contribution in [0.15, 0.2) is 6.07 Å². The lowest BCUT2D eigenvalue weighted by atomic mass is 9.95. The number of hydrogen-bond donors (Lipinski definition) is 1. The van der Waals surface area contributed by atoms with Gasteiger partial charge in [0.2, 0.25) is 0 Å². The van der Waals surface area contributed by atoms with Gasteiger partial charge in [-0.2, -0.15) is 13.2 Å². The van der Waals surface area contributed by atoms with Crippen molar-refractivity contribution in [3.8, 4) is 5.75 Å². The Balaban J connectivity index is 3.65. The van der Waals surface area contributed by atoms with E-state index < -0.39 is 39.8 Å². The largest absolute Gasteiger partial charge is 0.505 e. The van der Waals surface area contributed by atoms with E-state index in [1.165, 1.54) is 13.8 Å². The Labute approximate surface area is 94.7 Å². The first-order valence-corrected chi connectivity index (χ1v) is 4.82. The van der Waals surface area contributed by atoms with Crippen LogP contribution in [0, 0.1) is 5.82 Å². The van der Waals surface area contributed by atoms with Crippen molar-refractivity contribution in [3.63, 3.8) is 0 Å². The van der Waals surface area contributed by atoms with Crippen LogP contribution in [0.4, 0.5) is 17.6 Å². The highest BCUT2D eigenvalue weighted by Crippen LogP contribution is 2.43. The topological polar surface area (TPSA) is 20.2 Å². The highest BCUT2D eigenvalue weighted by atomic mass is 35.5. The predicted octanol–water partition coefficient (Wildman–Crippen LogP) is 4.33. The number of halogens is 5. The van der Waals surface area contributed by atoms with Gasteiger partial charge in [0.05, 0.1) is 10.6 Å². The van der Waals surface area contributed by atoms with E-state index in [-0.39, 0.29) is 0 Å². The molecule has 1 rings (SSSR count). The maximum Gasteiger partial charge on any atom is 0.418 e. The van der Waals surface area contributed by atoms with E-state index in [1.807, 2.05) is 0 Å². The number of benzene rings is 1. The molecule has 0 saturated heterocycles. The molecule has 0 heterocycles. The van der Waals surface area contributed by atoms with Gasteiger partial charge in [-0.05, 0) is 5.92 Å². The molecule has 0 spiro atoms. The quantitative estimate of drug-likeness (QED) is 0.742. The van der Waals surface area contributed by atoms with Gasteiger partial charge >= 0.3 is 6.18 Å². The van der Waals surface area contributed by atoms with Crippen LogP contribution in [0.5, 0.6) is 5.75 Å². The lowest BCUT2D eigenvalue weighted by Crippen LogP contribution is -2.13. The van der Waals surface area contributed by atoms with Gasteiger partial charge in [-0.25, -0.2) is 4.39 Å². The second-order valence-electron chi connectivity index (χ2n) is 3.63. The molecule has 1 aromatic carbocycles. The molecule has 0 radical (unpaired) electrons. The molecule has 6 heteroatoms. The first-order valence-electron chi connectivity index (χ1n) is 4.44. The minimum Gasteiger partial charge on any atom is -0.505 e. The normalized spacial score (nSPS) is 12.2. The van der Waals surface area contributed by atoms with E-state index in [4.69, 9.17) is 16.7 Å². The van der Waals surface area contributed by atoms with Crippen LogP contribution in [0.2, 0.25) is 5.02 Å². The van der Waals surface area contributed by atoms with Crippen molar-refractivity contribution in [2.45, 2.75) is 25.9 Å². The molecule has 0 unspecified atom stereocenters. The van der Waals surface area contributed by atoms with Crippen LogP contribution in [-0.2, 0) is 6.18 Å². The fourth-order valence-electron chi connectivity index (χ4n) is 1.46. The van der Waals surface area contributed by atoms with Crippen molar-refractivity contribution in [1.82, 2.24) is 0 Å². The molecule has 1 aromatic rings. The minimum atomic E-state index is -4.74. The fourth-order valence-corrected chi connectivity index (χ4v) is 1.77. The van der Waals surface area contributed by atoms with E-state index in [1.54, 1.807) is 0 Å². The van der Waals surface area contributed by atoms with Crippen molar-refractivity contribution in [2.75, 3.05) is 0 Å². The SMILES string of the molecule is CC(C)c1c(F)c(O)cc(Cl)c1C(F)(F)F. The van der Waals surface area contributed by atoms with Gasteiger partial charge < -0.3 is 5.11 Å². The van der Waals surface area contributed by atoms with Crippen LogP contribution in [0.25, 0.3) is 0 Å². The van der Waals surface area contributed by atoms with Gasteiger partial charge in [-0.3, -0.25) is 0 Å². The van der Waals surface area contributed by atoms with Gasteiger partial charge in [0.1, 0.15) is 0 Å². The molecule has 0 saturated carbocycles. The van der Waals surface area contributed by atoms with Crippen molar-refractivity contribution in [3.05, 3.63) is 28.0 Å². The first-order chi connectivity index (χ1) is 7.16. The van der Waals surface area contributed by atoms with Crippen molar-refractivity contribution >= 4 is 11.6 Å². The monoisotopic (exact) mass is 256 g/mol. The average molecular weight is 257 g/mol. The molecular formula is C10H9ClF4O. The summed E-state index contributed by atoms with van der Waals surface area (Å²) in [5.41, 5.74) is -1.84. The highest BCUT2D eigenvalue weighted by Gasteiger charge is 2.39. The molecule has 0 bridgehead atoms. The molecule has 16 heavy (non-hydrogen) atoms. The van der Waals surface area contributed by atoms with Gasteiger partial charge in [0.15, 0.2) is 11.6 Å². The highest BCUT2D eigenvalue weighted by molar-refractivity contribution is 6.31. The van der Waals surface area contributed by atoms with Gasteiger partial charge in [-0.1, -0.05) is 25.4 Å². The van der Waals surface area contributed by atoms with Crippen LogP contribution >= 0.6 is 11.6 Å². The molecule has 0 aromatic heterocycles. The molecule has 0 fully saturated rings. The maximum atomic E-state index is 13.4. The lowest BCUT2D eigenvalue weighted by molar-refractivity contribution is -0.138. The van der Waals surface area contributed by atoms with Crippen molar-refractivity contribution in [2.24, 2.45) is 0 Å². The molecule has 0 atom stereocenters. The Morgan fingerprint density at radius 2 is 1.81 bits per heavy atom. The molecule has 1 N–H and O–H groups in total. The van der Waals surface area contributed by atoms with Crippen molar-refractivity contribution in [1.29, 1.82) is 0 Å². The third-order valence-corrected chi connectivity index (χ3v) is 2.39. The summed E-state index contributed by atoms with van der Waals surface area (Å²) in [6.07, 6.45) is -4.74.